The van der Waals surface area contributed by atoms with Crippen LogP contribution in [0.4, 0.5) is 8.78 Å². The third-order valence-electron chi connectivity index (χ3n) is 2.81. The van der Waals surface area contributed by atoms with Crippen LogP contribution >= 0.6 is 0 Å². The zero-order valence-electron chi connectivity index (χ0n) is 10.3. The van der Waals surface area contributed by atoms with E-state index in [1.54, 1.807) is 0 Å². The first-order valence-corrected chi connectivity index (χ1v) is 6.10. The van der Waals surface area contributed by atoms with Crippen molar-refractivity contribution in [2.45, 2.75) is 25.2 Å². The highest BCUT2D eigenvalue weighted by molar-refractivity contribution is 5.79. The Bertz CT molecular complexity index is 289. The van der Waals surface area contributed by atoms with Crippen LogP contribution in [0.2, 0.25) is 0 Å². The third kappa shape index (κ3) is 6.66. The molecule has 1 saturated heterocycles. The summed E-state index contributed by atoms with van der Waals surface area (Å²) in [4.78, 5) is 12.3. The molecule has 104 valence electrons. The van der Waals surface area contributed by atoms with Crippen molar-refractivity contribution in [2.75, 3.05) is 32.8 Å². The van der Waals surface area contributed by atoms with Crippen LogP contribution in [0.25, 0.3) is 0 Å². The van der Waals surface area contributed by atoms with Crippen LogP contribution in [0.15, 0.2) is 12.2 Å². The van der Waals surface area contributed by atoms with Crippen LogP contribution in [0, 0.1) is 0 Å². The van der Waals surface area contributed by atoms with Gasteiger partial charge in [0.15, 0.2) is 0 Å². The lowest BCUT2D eigenvalue weighted by Crippen LogP contribution is -2.36. The zero-order chi connectivity index (χ0) is 13.4. The second kappa shape index (κ2) is 7.43. The van der Waals surface area contributed by atoms with Crippen molar-refractivity contribution in [3.63, 3.8) is 0 Å². The van der Waals surface area contributed by atoms with Crippen LogP contribution in [0.3, 0.4) is 0 Å². The van der Waals surface area contributed by atoms with Gasteiger partial charge in [0.2, 0.25) is 0 Å². The van der Waals surface area contributed by atoms with Gasteiger partial charge in [0.1, 0.15) is 0 Å². The molecule has 4 nitrogen and oxygen atoms in total. The van der Waals surface area contributed by atoms with E-state index >= 15 is 0 Å². The number of nitrogens with zero attached hydrogens (tertiary/aromatic N) is 1. The summed E-state index contributed by atoms with van der Waals surface area (Å²) >= 11 is 0. The molecule has 1 aliphatic rings. The van der Waals surface area contributed by atoms with Crippen LogP contribution < -0.4 is 0 Å². The Morgan fingerprint density at radius 1 is 1.33 bits per heavy atom. The van der Waals surface area contributed by atoms with Crippen molar-refractivity contribution >= 4 is 5.97 Å². The molecule has 1 rings (SSSR count). The van der Waals surface area contributed by atoms with E-state index in [0.29, 0.717) is 38.2 Å². The Labute approximate surface area is 105 Å². The van der Waals surface area contributed by atoms with Crippen molar-refractivity contribution in [2.24, 2.45) is 0 Å². The Morgan fingerprint density at radius 3 is 2.61 bits per heavy atom. The molecule has 1 aliphatic heterocycles. The summed E-state index contributed by atoms with van der Waals surface area (Å²) in [5.74, 6) is -4.37. The topological polar surface area (TPSA) is 49.8 Å². The Morgan fingerprint density at radius 2 is 2.00 bits per heavy atom. The summed E-state index contributed by atoms with van der Waals surface area (Å²) in [6.07, 6.45) is 1.73. The Balaban J connectivity index is 2.14. The Hall–Kier alpha value is -1.01. The number of carboxylic acid groups (broad SMARTS) is 1. The minimum atomic E-state index is -3.02. The minimum Gasteiger partial charge on any atom is -0.478 e. The lowest BCUT2D eigenvalue weighted by Gasteiger charge is -2.26. The van der Waals surface area contributed by atoms with E-state index < -0.39 is 11.9 Å². The fourth-order valence-electron chi connectivity index (χ4n) is 1.80. The average molecular weight is 263 g/mol. The van der Waals surface area contributed by atoms with Crippen LogP contribution in [0.1, 0.15) is 19.3 Å². The minimum absolute atomic E-state index is 0.304. The maximum Gasteiger partial charge on any atom is 0.328 e. The number of halogens is 2. The van der Waals surface area contributed by atoms with Crippen LogP contribution in [-0.4, -0.2) is 54.7 Å². The fourth-order valence-corrected chi connectivity index (χ4v) is 1.80. The Kier molecular flexibility index (Phi) is 6.21. The molecule has 0 aromatic heterocycles. The van der Waals surface area contributed by atoms with Crippen molar-refractivity contribution < 1.29 is 23.4 Å². The number of unbranched alkanes of at least 4 members (excludes halogenated alkanes) is 1. The van der Waals surface area contributed by atoms with Gasteiger partial charge in [0.05, 0.1) is 13.2 Å². The van der Waals surface area contributed by atoms with Crippen molar-refractivity contribution in [3.05, 3.63) is 12.2 Å². The van der Waals surface area contributed by atoms with Gasteiger partial charge in [0, 0.05) is 25.6 Å². The second-order valence-electron chi connectivity index (χ2n) is 4.34. The first-order chi connectivity index (χ1) is 8.49. The summed E-state index contributed by atoms with van der Waals surface area (Å²) in [7, 11) is 0. The number of aliphatic carboxylic acids is 1. The third-order valence-corrected chi connectivity index (χ3v) is 2.81. The molecule has 0 aromatic carbocycles. The molecule has 18 heavy (non-hydrogen) atoms. The summed E-state index contributed by atoms with van der Waals surface area (Å²) in [5, 5.41) is 8.28. The predicted molar refractivity (Wildman–Crippen MR) is 62.8 cm³/mol. The van der Waals surface area contributed by atoms with E-state index in [9.17, 15) is 13.6 Å². The molecular weight excluding hydrogens is 244 g/mol. The highest BCUT2D eigenvalue weighted by Crippen LogP contribution is 2.22. The SMILES string of the molecule is O=C(O)/C=C/C(F)(F)CCCCN1CCOCC1. The van der Waals surface area contributed by atoms with Crippen molar-refractivity contribution in [1.82, 2.24) is 4.90 Å². The molecule has 0 atom stereocenters. The van der Waals surface area contributed by atoms with Gasteiger partial charge in [0.25, 0.3) is 5.92 Å². The number of hydrogen-bond donors (Lipinski definition) is 1. The lowest BCUT2D eigenvalue weighted by molar-refractivity contribution is -0.131. The molecule has 0 saturated carbocycles. The summed E-state index contributed by atoms with van der Waals surface area (Å²) in [5.41, 5.74) is 0. The van der Waals surface area contributed by atoms with Gasteiger partial charge >= 0.3 is 5.97 Å². The first kappa shape index (κ1) is 15.0. The van der Waals surface area contributed by atoms with Crippen molar-refractivity contribution in [3.8, 4) is 0 Å². The van der Waals surface area contributed by atoms with Gasteiger partial charge in [-0.2, -0.15) is 0 Å². The molecule has 0 amide bonds. The van der Waals surface area contributed by atoms with Crippen molar-refractivity contribution in [1.29, 1.82) is 0 Å². The van der Waals surface area contributed by atoms with Gasteiger partial charge in [-0.1, -0.05) is 0 Å². The van der Waals surface area contributed by atoms with Crippen LogP contribution in [0.5, 0.6) is 0 Å². The molecular formula is C12H19F2NO3. The number of morpholine rings is 1. The van der Waals surface area contributed by atoms with Gasteiger partial charge in [-0.25, -0.2) is 13.6 Å². The average Bonchev–Trinajstić information content (AvgIpc) is 2.34. The molecule has 0 spiro atoms. The first-order valence-electron chi connectivity index (χ1n) is 6.10. The molecule has 0 aliphatic carbocycles. The van der Waals surface area contributed by atoms with Crippen LogP contribution in [-0.2, 0) is 9.53 Å². The molecule has 0 radical (unpaired) electrons. The molecule has 0 unspecified atom stereocenters. The molecule has 1 N–H and O–H groups in total. The van der Waals surface area contributed by atoms with E-state index in [1.807, 2.05) is 0 Å². The van der Waals surface area contributed by atoms with Gasteiger partial charge in [-0.3, -0.25) is 4.90 Å². The number of carboxylic acids is 1. The van der Waals surface area contributed by atoms with Gasteiger partial charge in [-0.05, 0) is 25.5 Å². The highest BCUT2D eigenvalue weighted by Gasteiger charge is 2.24. The van der Waals surface area contributed by atoms with Gasteiger partial charge in [-0.15, -0.1) is 0 Å². The zero-order valence-corrected chi connectivity index (χ0v) is 10.3. The summed E-state index contributed by atoms with van der Waals surface area (Å²) < 4.78 is 31.5. The summed E-state index contributed by atoms with van der Waals surface area (Å²) in [6, 6.07) is 0. The molecule has 6 heteroatoms. The maximum absolute atomic E-state index is 13.2. The predicted octanol–water partition coefficient (Wildman–Crippen LogP) is 1.77. The quantitative estimate of drug-likeness (QED) is 0.562. The summed E-state index contributed by atoms with van der Waals surface area (Å²) in [6.45, 7) is 3.92. The molecule has 1 fully saturated rings. The second-order valence-corrected chi connectivity index (χ2v) is 4.34. The number of hydrogen-bond acceptors (Lipinski definition) is 3. The largest absolute Gasteiger partial charge is 0.478 e. The number of allylic oxidation sites excluding steroid dienone is 1. The van der Waals surface area contributed by atoms with E-state index in [2.05, 4.69) is 4.90 Å². The number of alkyl halides is 2. The lowest BCUT2D eigenvalue weighted by atomic mass is 10.1. The number of carbonyl (C=O) groups is 1. The monoisotopic (exact) mass is 263 g/mol. The fraction of sp³-hybridized carbons (Fsp3) is 0.750. The van der Waals surface area contributed by atoms with E-state index in [4.69, 9.17) is 9.84 Å². The highest BCUT2D eigenvalue weighted by atomic mass is 19.3. The number of rotatable bonds is 7. The van der Waals surface area contributed by atoms with Gasteiger partial charge < -0.3 is 9.84 Å². The van der Waals surface area contributed by atoms with E-state index in [1.165, 1.54) is 0 Å². The molecule has 1 heterocycles. The van der Waals surface area contributed by atoms with E-state index in [-0.39, 0.29) is 6.42 Å². The standard InChI is InChI=1S/C12H19F2NO3/c13-12(14,5-3-11(16)17)4-1-2-6-15-7-9-18-10-8-15/h3,5H,1-2,4,6-10H2,(H,16,17)/b5-3+. The maximum atomic E-state index is 13.2. The van der Waals surface area contributed by atoms with E-state index in [0.717, 1.165) is 19.6 Å². The normalized spacial score (nSPS) is 18.3. The number of ether oxygens (including phenoxy) is 1. The molecule has 0 aromatic rings. The smallest absolute Gasteiger partial charge is 0.328 e. The molecule has 0 bridgehead atoms.